The van der Waals surface area contributed by atoms with Crippen molar-refractivity contribution in [2.24, 2.45) is 5.14 Å². The third-order valence-corrected chi connectivity index (χ3v) is 3.76. The first kappa shape index (κ1) is 14.1. The first-order valence-corrected chi connectivity index (χ1v) is 7.40. The number of hydrogen-bond acceptors (Lipinski definition) is 5. The number of sulfonamides is 1. The first-order chi connectivity index (χ1) is 7.87. The smallest absolute Gasteiger partial charge is 0.308 e. The molecule has 0 aliphatic rings. The molecule has 0 fully saturated rings. The monoisotopic (exact) mass is 278 g/mol. The molecule has 1 rings (SSSR count). The Morgan fingerprint density at radius 1 is 1.41 bits per heavy atom. The minimum atomic E-state index is -3.43. The van der Waals surface area contributed by atoms with Crippen LogP contribution in [0.25, 0.3) is 0 Å². The van der Waals surface area contributed by atoms with Gasteiger partial charge in [0.25, 0.3) is 0 Å². The topological polar surface area (TPSA) is 109 Å². The molecule has 0 amide bonds. The van der Waals surface area contributed by atoms with Crippen LogP contribution in [0.1, 0.15) is 9.75 Å². The van der Waals surface area contributed by atoms with Crippen LogP contribution in [0, 0.1) is 0 Å². The van der Waals surface area contributed by atoms with Gasteiger partial charge >= 0.3 is 5.97 Å². The summed E-state index contributed by atoms with van der Waals surface area (Å²) in [5, 5.41) is 16.4. The quantitative estimate of drug-likeness (QED) is 0.596. The molecule has 1 aromatic rings. The van der Waals surface area contributed by atoms with Crippen LogP contribution >= 0.6 is 11.3 Å². The van der Waals surface area contributed by atoms with Gasteiger partial charge in [-0.25, -0.2) is 13.6 Å². The highest BCUT2D eigenvalue weighted by molar-refractivity contribution is 7.89. The van der Waals surface area contributed by atoms with Crippen LogP contribution < -0.4 is 10.5 Å². The molecule has 1 heterocycles. The van der Waals surface area contributed by atoms with Gasteiger partial charge in [0.2, 0.25) is 10.0 Å². The van der Waals surface area contributed by atoms with E-state index in [1.807, 2.05) is 6.07 Å². The normalized spacial score (nSPS) is 11.6. The van der Waals surface area contributed by atoms with Gasteiger partial charge in [0.05, 0.1) is 12.2 Å². The second-order valence-corrected chi connectivity index (χ2v) is 6.47. The van der Waals surface area contributed by atoms with Crippen molar-refractivity contribution in [2.45, 2.75) is 13.0 Å². The standard InChI is InChI=1S/C9H14N2O4S2/c10-17(14,15)4-3-11-6-8-2-1-7(16-8)5-9(12)13/h1-2,11H,3-6H2,(H,12,13)(H2,10,14,15). The Morgan fingerprint density at radius 3 is 2.65 bits per heavy atom. The fourth-order valence-corrected chi connectivity index (χ4v) is 2.60. The third kappa shape index (κ3) is 6.37. The number of aliphatic carboxylic acids is 1. The molecule has 0 aliphatic heterocycles. The summed E-state index contributed by atoms with van der Waals surface area (Å²) in [7, 11) is -3.43. The highest BCUT2D eigenvalue weighted by atomic mass is 32.2. The lowest BCUT2D eigenvalue weighted by molar-refractivity contribution is -0.136. The zero-order valence-corrected chi connectivity index (χ0v) is 10.7. The summed E-state index contributed by atoms with van der Waals surface area (Å²) in [5.74, 6) is -0.971. The van der Waals surface area contributed by atoms with E-state index in [1.54, 1.807) is 6.07 Å². The van der Waals surface area contributed by atoms with Crippen molar-refractivity contribution in [1.82, 2.24) is 5.32 Å². The number of rotatable bonds is 7. The second kappa shape index (κ2) is 6.10. The molecule has 0 atom stereocenters. The summed E-state index contributed by atoms with van der Waals surface area (Å²) in [6.07, 6.45) is 0.0157. The fourth-order valence-electron chi connectivity index (χ4n) is 1.19. The summed E-state index contributed by atoms with van der Waals surface area (Å²) < 4.78 is 21.3. The van der Waals surface area contributed by atoms with Crippen LogP contribution in [0.5, 0.6) is 0 Å². The van der Waals surface area contributed by atoms with Crippen molar-refractivity contribution in [1.29, 1.82) is 0 Å². The lowest BCUT2D eigenvalue weighted by Gasteiger charge is -2.01. The summed E-state index contributed by atoms with van der Waals surface area (Å²) in [6, 6.07) is 3.59. The number of nitrogens with two attached hydrogens (primary N) is 1. The van der Waals surface area contributed by atoms with Crippen LogP contribution in [0.4, 0.5) is 0 Å². The highest BCUT2D eigenvalue weighted by Crippen LogP contribution is 2.16. The Morgan fingerprint density at radius 2 is 2.06 bits per heavy atom. The van der Waals surface area contributed by atoms with Crippen molar-refractivity contribution < 1.29 is 18.3 Å². The average Bonchev–Trinajstić information content (AvgIpc) is 2.58. The van der Waals surface area contributed by atoms with Crippen molar-refractivity contribution in [3.8, 4) is 0 Å². The van der Waals surface area contributed by atoms with E-state index in [9.17, 15) is 13.2 Å². The van der Waals surface area contributed by atoms with E-state index in [0.29, 0.717) is 6.54 Å². The molecule has 0 unspecified atom stereocenters. The Bertz CT molecular complexity index is 481. The van der Waals surface area contributed by atoms with Crippen LogP contribution in [0.2, 0.25) is 0 Å². The van der Waals surface area contributed by atoms with Crippen molar-refractivity contribution in [2.75, 3.05) is 12.3 Å². The molecule has 0 bridgehead atoms. The van der Waals surface area contributed by atoms with Crippen molar-refractivity contribution in [3.63, 3.8) is 0 Å². The molecule has 0 spiro atoms. The van der Waals surface area contributed by atoms with Gasteiger partial charge in [-0.15, -0.1) is 11.3 Å². The van der Waals surface area contributed by atoms with E-state index in [1.165, 1.54) is 11.3 Å². The summed E-state index contributed by atoms with van der Waals surface area (Å²) in [6.45, 7) is 0.796. The lowest BCUT2D eigenvalue weighted by atomic mass is 10.3. The van der Waals surface area contributed by atoms with E-state index in [-0.39, 0.29) is 18.7 Å². The van der Waals surface area contributed by atoms with Gasteiger partial charge in [-0.2, -0.15) is 0 Å². The van der Waals surface area contributed by atoms with E-state index in [4.69, 9.17) is 10.2 Å². The van der Waals surface area contributed by atoms with Crippen molar-refractivity contribution in [3.05, 3.63) is 21.9 Å². The van der Waals surface area contributed by atoms with E-state index in [0.717, 1.165) is 9.75 Å². The zero-order valence-electron chi connectivity index (χ0n) is 9.05. The molecular formula is C9H14N2O4S2. The number of carboxylic acids is 1. The molecule has 0 radical (unpaired) electrons. The molecule has 1 aromatic heterocycles. The predicted molar refractivity (Wildman–Crippen MR) is 65.3 cm³/mol. The molecule has 4 N–H and O–H groups in total. The molecule has 0 aliphatic carbocycles. The summed E-state index contributed by atoms with van der Waals surface area (Å²) in [4.78, 5) is 12.2. The zero-order chi connectivity index (χ0) is 12.9. The number of thiophene rings is 1. The Hall–Kier alpha value is -0.960. The maximum absolute atomic E-state index is 10.6. The fraction of sp³-hybridized carbons (Fsp3) is 0.444. The van der Waals surface area contributed by atoms with Gasteiger partial charge in [0.1, 0.15) is 0 Å². The largest absolute Gasteiger partial charge is 0.481 e. The summed E-state index contributed by atoms with van der Waals surface area (Å²) >= 11 is 1.40. The van der Waals surface area contributed by atoms with Gasteiger partial charge in [-0.05, 0) is 12.1 Å². The maximum atomic E-state index is 10.6. The van der Waals surface area contributed by atoms with Gasteiger partial charge in [0, 0.05) is 22.8 Å². The number of hydrogen-bond donors (Lipinski definition) is 3. The van der Waals surface area contributed by atoms with Crippen LogP contribution in [0.15, 0.2) is 12.1 Å². The third-order valence-electron chi connectivity index (χ3n) is 1.91. The number of carboxylic acid groups (broad SMARTS) is 1. The molecular weight excluding hydrogens is 264 g/mol. The SMILES string of the molecule is NS(=O)(=O)CCNCc1ccc(CC(=O)O)s1. The molecule has 0 saturated heterocycles. The van der Waals surface area contributed by atoms with Crippen LogP contribution in [-0.2, 0) is 27.8 Å². The Kier molecular flexibility index (Phi) is 5.06. The first-order valence-electron chi connectivity index (χ1n) is 4.87. The van der Waals surface area contributed by atoms with Gasteiger partial charge in [-0.3, -0.25) is 4.79 Å². The van der Waals surface area contributed by atoms with Gasteiger partial charge in [-0.1, -0.05) is 0 Å². The lowest BCUT2D eigenvalue weighted by Crippen LogP contribution is -2.26. The minimum Gasteiger partial charge on any atom is -0.481 e. The molecule has 0 saturated carbocycles. The van der Waals surface area contributed by atoms with Crippen molar-refractivity contribution >= 4 is 27.3 Å². The number of nitrogens with one attached hydrogen (secondary N) is 1. The molecule has 0 aromatic carbocycles. The number of carbonyl (C=O) groups is 1. The highest BCUT2D eigenvalue weighted by Gasteiger charge is 2.05. The molecule has 8 heteroatoms. The summed E-state index contributed by atoms with van der Waals surface area (Å²) in [5.41, 5.74) is 0. The van der Waals surface area contributed by atoms with E-state index in [2.05, 4.69) is 5.32 Å². The van der Waals surface area contributed by atoms with Gasteiger partial charge in [0.15, 0.2) is 0 Å². The molecule has 17 heavy (non-hydrogen) atoms. The molecule has 96 valence electrons. The van der Waals surface area contributed by atoms with E-state index < -0.39 is 16.0 Å². The Labute approximate surface area is 104 Å². The van der Waals surface area contributed by atoms with Gasteiger partial charge < -0.3 is 10.4 Å². The van der Waals surface area contributed by atoms with E-state index >= 15 is 0 Å². The Balaban J connectivity index is 2.32. The average molecular weight is 278 g/mol. The van der Waals surface area contributed by atoms with Crippen LogP contribution in [0.3, 0.4) is 0 Å². The minimum absolute atomic E-state index is 0.0157. The van der Waals surface area contributed by atoms with Crippen LogP contribution in [-0.4, -0.2) is 31.8 Å². The second-order valence-electron chi connectivity index (χ2n) is 3.48. The predicted octanol–water partition coefficient (Wildman–Crippen LogP) is -0.247. The molecule has 6 nitrogen and oxygen atoms in total. The number of primary sulfonamides is 1. The maximum Gasteiger partial charge on any atom is 0.308 e.